The zero-order valence-electron chi connectivity index (χ0n) is 19.6. The Kier molecular flexibility index (Phi) is 7.98. The van der Waals surface area contributed by atoms with Crippen molar-refractivity contribution in [1.29, 1.82) is 0 Å². The van der Waals surface area contributed by atoms with Crippen LogP contribution in [0.1, 0.15) is 19.3 Å². The average Bonchev–Trinajstić information content (AvgIpc) is 2.85. The van der Waals surface area contributed by atoms with E-state index in [1.165, 1.54) is 32.4 Å². The van der Waals surface area contributed by atoms with Crippen molar-refractivity contribution in [2.45, 2.75) is 19.3 Å². The summed E-state index contributed by atoms with van der Waals surface area (Å²) in [6.45, 7) is 4.02. The number of benzene rings is 2. The van der Waals surface area contributed by atoms with E-state index in [1.54, 1.807) is 19.2 Å². The fraction of sp³-hybridized carbons (Fsp3) is 0.360. The highest BCUT2D eigenvalue weighted by molar-refractivity contribution is 5.64. The van der Waals surface area contributed by atoms with Crippen molar-refractivity contribution in [3.05, 3.63) is 54.3 Å². The van der Waals surface area contributed by atoms with Crippen molar-refractivity contribution in [1.82, 2.24) is 14.9 Å². The molecular weight excluding hydrogens is 435 g/mol. The standard InChI is InChI=1S/C25H31FN6O2/c1-33-20-9-6-18(7-10-20)29-25-30-23(27-12-15-32-13-4-3-5-14-32)17-24(31-25)28-19-8-11-22(34-2)21(26)16-19/h6-11,16-17H,3-5,12-15H2,1-2H3,(H3,27,28,29,30,31). The topological polar surface area (TPSA) is 83.6 Å². The van der Waals surface area contributed by atoms with Crippen LogP contribution in [-0.4, -0.2) is 55.3 Å². The minimum Gasteiger partial charge on any atom is -0.497 e. The number of halogens is 1. The molecule has 0 radical (unpaired) electrons. The molecule has 1 aliphatic heterocycles. The summed E-state index contributed by atoms with van der Waals surface area (Å²) in [5, 5.41) is 9.80. The maximum Gasteiger partial charge on any atom is 0.231 e. The molecule has 0 unspecified atom stereocenters. The van der Waals surface area contributed by atoms with E-state index >= 15 is 0 Å². The molecule has 2 heterocycles. The van der Waals surface area contributed by atoms with Gasteiger partial charge in [0.25, 0.3) is 0 Å². The lowest BCUT2D eigenvalue weighted by Crippen LogP contribution is -2.33. The third kappa shape index (κ3) is 6.48. The van der Waals surface area contributed by atoms with Crippen LogP contribution < -0.4 is 25.4 Å². The molecule has 0 aliphatic carbocycles. The van der Waals surface area contributed by atoms with Gasteiger partial charge < -0.3 is 30.3 Å². The molecule has 3 N–H and O–H groups in total. The predicted molar refractivity (Wildman–Crippen MR) is 133 cm³/mol. The van der Waals surface area contributed by atoms with E-state index in [4.69, 9.17) is 9.47 Å². The second-order valence-electron chi connectivity index (χ2n) is 8.12. The van der Waals surface area contributed by atoms with Crippen LogP contribution in [0.25, 0.3) is 0 Å². The van der Waals surface area contributed by atoms with Crippen LogP contribution in [0.5, 0.6) is 11.5 Å². The second-order valence-corrected chi connectivity index (χ2v) is 8.12. The van der Waals surface area contributed by atoms with Gasteiger partial charge in [0, 0.05) is 36.6 Å². The summed E-state index contributed by atoms with van der Waals surface area (Å²) in [5.74, 6) is 2.15. The molecule has 180 valence electrons. The number of nitrogens with zero attached hydrogens (tertiary/aromatic N) is 3. The number of nitrogens with one attached hydrogen (secondary N) is 3. The van der Waals surface area contributed by atoms with Crippen LogP contribution in [0.4, 0.5) is 33.3 Å². The Hall–Kier alpha value is -3.59. The summed E-state index contributed by atoms with van der Waals surface area (Å²) in [6.07, 6.45) is 3.84. The first-order chi connectivity index (χ1) is 16.6. The number of piperidine rings is 1. The Labute approximate surface area is 199 Å². The fourth-order valence-corrected chi connectivity index (χ4v) is 3.88. The molecule has 8 nitrogen and oxygen atoms in total. The van der Waals surface area contributed by atoms with Gasteiger partial charge in [0.05, 0.1) is 14.2 Å². The molecule has 0 atom stereocenters. The van der Waals surface area contributed by atoms with Crippen molar-refractivity contribution in [3.8, 4) is 11.5 Å². The summed E-state index contributed by atoms with van der Waals surface area (Å²) in [5.41, 5.74) is 1.39. The van der Waals surface area contributed by atoms with Crippen molar-refractivity contribution in [3.63, 3.8) is 0 Å². The third-order valence-corrected chi connectivity index (χ3v) is 5.68. The lowest BCUT2D eigenvalue weighted by atomic mass is 10.1. The van der Waals surface area contributed by atoms with E-state index < -0.39 is 5.82 Å². The number of likely N-dealkylation sites (tertiary alicyclic amines) is 1. The third-order valence-electron chi connectivity index (χ3n) is 5.68. The first-order valence-electron chi connectivity index (χ1n) is 11.5. The molecule has 0 bridgehead atoms. The minimum atomic E-state index is -0.446. The molecule has 1 saturated heterocycles. The predicted octanol–water partition coefficient (Wildman–Crippen LogP) is 5.02. The van der Waals surface area contributed by atoms with E-state index in [-0.39, 0.29) is 5.75 Å². The monoisotopic (exact) mass is 466 g/mol. The molecule has 34 heavy (non-hydrogen) atoms. The van der Waals surface area contributed by atoms with E-state index in [1.807, 2.05) is 30.3 Å². The van der Waals surface area contributed by atoms with Crippen molar-refractivity contribution in [2.75, 3.05) is 56.3 Å². The summed E-state index contributed by atoms with van der Waals surface area (Å²) >= 11 is 0. The summed E-state index contributed by atoms with van der Waals surface area (Å²) in [6, 6.07) is 14.0. The smallest absolute Gasteiger partial charge is 0.231 e. The van der Waals surface area contributed by atoms with Crippen LogP contribution >= 0.6 is 0 Å². The Balaban J connectivity index is 1.51. The van der Waals surface area contributed by atoms with Crippen LogP contribution in [0.2, 0.25) is 0 Å². The van der Waals surface area contributed by atoms with Gasteiger partial charge in [-0.25, -0.2) is 4.39 Å². The molecule has 0 saturated carbocycles. The van der Waals surface area contributed by atoms with Crippen LogP contribution in [0.15, 0.2) is 48.5 Å². The summed E-state index contributed by atoms with van der Waals surface area (Å²) in [7, 11) is 3.07. The second kappa shape index (κ2) is 11.5. The van der Waals surface area contributed by atoms with Gasteiger partial charge in [-0.1, -0.05) is 6.42 Å². The molecule has 1 fully saturated rings. The first-order valence-corrected chi connectivity index (χ1v) is 11.5. The van der Waals surface area contributed by atoms with Gasteiger partial charge in [-0.05, 0) is 62.3 Å². The highest BCUT2D eigenvalue weighted by atomic mass is 19.1. The van der Waals surface area contributed by atoms with Gasteiger partial charge >= 0.3 is 0 Å². The molecule has 4 rings (SSSR count). The number of anilines is 5. The Morgan fingerprint density at radius 3 is 2.29 bits per heavy atom. The zero-order valence-corrected chi connectivity index (χ0v) is 19.6. The Bertz CT molecular complexity index is 1070. The molecule has 3 aromatic rings. The molecule has 0 amide bonds. The van der Waals surface area contributed by atoms with Crippen molar-refractivity contribution in [2.24, 2.45) is 0 Å². The number of hydrogen-bond acceptors (Lipinski definition) is 8. The maximum atomic E-state index is 14.2. The van der Waals surface area contributed by atoms with Gasteiger partial charge in [-0.2, -0.15) is 9.97 Å². The number of hydrogen-bond donors (Lipinski definition) is 3. The van der Waals surface area contributed by atoms with Crippen LogP contribution in [0, 0.1) is 5.82 Å². The van der Waals surface area contributed by atoms with Crippen molar-refractivity contribution >= 4 is 29.0 Å². The number of ether oxygens (including phenoxy) is 2. The zero-order chi connectivity index (χ0) is 23.8. The van der Waals surface area contributed by atoms with Gasteiger partial charge in [-0.15, -0.1) is 0 Å². The van der Waals surface area contributed by atoms with Gasteiger partial charge in [0.2, 0.25) is 5.95 Å². The first kappa shape index (κ1) is 23.6. The van der Waals surface area contributed by atoms with Gasteiger partial charge in [-0.3, -0.25) is 0 Å². The lowest BCUT2D eigenvalue weighted by molar-refractivity contribution is 0.237. The lowest BCUT2D eigenvalue weighted by Gasteiger charge is -2.26. The normalized spacial score (nSPS) is 13.9. The molecule has 1 aliphatic rings. The molecule has 0 spiro atoms. The van der Waals surface area contributed by atoms with Crippen LogP contribution in [0.3, 0.4) is 0 Å². The van der Waals surface area contributed by atoms with Crippen LogP contribution in [-0.2, 0) is 0 Å². The quantitative estimate of drug-likeness (QED) is 0.384. The van der Waals surface area contributed by atoms with E-state index in [2.05, 4.69) is 30.8 Å². The molecule has 1 aromatic heterocycles. The molecule has 2 aromatic carbocycles. The number of aromatic nitrogens is 2. The SMILES string of the molecule is COc1ccc(Nc2nc(NCCN3CCCCC3)cc(Nc3ccc(OC)c(F)c3)n2)cc1. The van der Waals surface area contributed by atoms with E-state index in [9.17, 15) is 4.39 Å². The minimum absolute atomic E-state index is 0.190. The highest BCUT2D eigenvalue weighted by Crippen LogP contribution is 2.25. The Morgan fingerprint density at radius 1 is 0.853 bits per heavy atom. The molecular formula is C25H31FN6O2. The summed E-state index contributed by atoms with van der Waals surface area (Å²) < 4.78 is 24.4. The Morgan fingerprint density at radius 2 is 1.59 bits per heavy atom. The van der Waals surface area contributed by atoms with Gasteiger partial charge in [0.15, 0.2) is 11.6 Å². The number of rotatable bonds is 10. The highest BCUT2D eigenvalue weighted by Gasteiger charge is 2.11. The van der Waals surface area contributed by atoms with Crippen molar-refractivity contribution < 1.29 is 13.9 Å². The maximum absolute atomic E-state index is 14.2. The van der Waals surface area contributed by atoms with Gasteiger partial charge in [0.1, 0.15) is 17.4 Å². The molecule has 9 heteroatoms. The average molecular weight is 467 g/mol. The largest absolute Gasteiger partial charge is 0.497 e. The van der Waals surface area contributed by atoms with E-state index in [0.717, 1.165) is 37.6 Å². The summed E-state index contributed by atoms with van der Waals surface area (Å²) in [4.78, 5) is 11.7. The number of methoxy groups -OCH3 is 2. The van der Waals surface area contributed by atoms with E-state index in [0.29, 0.717) is 23.3 Å². The fourth-order valence-electron chi connectivity index (χ4n) is 3.88.